The number of pyridine rings is 1. The summed E-state index contributed by atoms with van der Waals surface area (Å²) in [5.74, 6) is 0.281. The number of nitrogens with zero attached hydrogens (tertiary/aromatic N) is 4. The third-order valence-corrected chi connectivity index (χ3v) is 5.81. The first-order valence-corrected chi connectivity index (χ1v) is 9.47. The number of furan rings is 1. The Labute approximate surface area is 156 Å². The Bertz CT molecular complexity index is 1050. The van der Waals surface area contributed by atoms with Crippen molar-refractivity contribution in [1.82, 2.24) is 24.2 Å². The van der Waals surface area contributed by atoms with Gasteiger partial charge in [0, 0.05) is 45.3 Å². The van der Waals surface area contributed by atoms with Gasteiger partial charge < -0.3 is 9.73 Å². The SMILES string of the molecule is Cc1oc(C(=O)NCc2ccnc(-n3ccnc3)c2)cc1S(=O)(=O)N(C)C. The molecule has 142 valence electrons. The molecule has 0 fully saturated rings. The van der Waals surface area contributed by atoms with Gasteiger partial charge in [-0.25, -0.2) is 22.7 Å². The summed E-state index contributed by atoms with van der Waals surface area (Å²) in [7, 11) is -0.837. The van der Waals surface area contributed by atoms with Gasteiger partial charge in [-0.2, -0.15) is 0 Å². The number of carbonyl (C=O) groups excluding carboxylic acids is 1. The van der Waals surface area contributed by atoms with Crippen LogP contribution in [0.15, 0.2) is 52.4 Å². The minimum atomic E-state index is -3.68. The Morgan fingerprint density at radius 2 is 2.07 bits per heavy atom. The zero-order valence-corrected chi connectivity index (χ0v) is 15.9. The number of amides is 1. The molecule has 0 unspecified atom stereocenters. The third kappa shape index (κ3) is 3.91. The molecule has 0 aliphatic heterocycles. The van der Waals surface area contributed by atoms with E-state index in [-0.39, 0.29) is 23.0 Å². The van der Waals surface area contributed by atoms with Gasteiger partial charge in [0.25, 0.3) is 5.91 Å². The summed E-state index contributed by atoms with van der Waals surface area (Å²) >= 11 is 0. The molecule has 0 aliphatic carbocycles. The summed E-state index contributed by atoms with van der Waals surface area (Å²) in [6.07, 6.45) is 6.68. The van der Waals surface area contributed by atoms with Gasteiger partial charge in [0.05, 0.1) is 0 Å². The molecule has 0 bridgehead atoms. The Hall–Kier alpha value is -2.98. The van der Waals surface area contributed by atoms with Crippen LogP contribution in [0, 0.1) is 6.92 Å². The molecular weight excluding hydrogens is 370 g/mol. The lowest BCUT2D eigenvalue weighted by atomic mass is 10.2. The maximum atomic E-state index is 12.3. The minimum absolute atomic E-state index is 0.0241. The van der Waals surface area contributed by atoms with Crippen molar-refractivity contribution >= 4 is 15.9 Å². The van der Waals surface area contributed by atoms with Crippen molar-refractivity contribution in [2.24, 2.45) is 0 Å². The van der Waals surface area contributed by atoms with Crippen LogP contribution in [0.25, 0.3) is 5.82 Å². The second-order valence-electron chi connectivity index (χ2n) is 5.99. The molecule has 3 aromatic heterocycles. The normalized spacial score (nSPS) is 11.7. The van der Waals surface area contributed by atoms with Crippen LogP contribution in [-0.2, 0) is 16.6 Å². The van der Waals surface area contributed by atoms with Crippen molar-refractivity contribution in [1.29, 1.82) is 0 Å². The molecule has 0 spiro atoms. The van der Waals surface area contributed by atoms with E-state index >= 15 is 0 Å². The standard InChI is InChI=1S/C17H19N5O4S/c1-12-15(27(24,25)21(2)3)9-14(26-12)17(23)20-10-13-4-5-19-16(8-13)22-7-6-18-11-22/h4-9,11H,10H2,1-3H3,(H,20,23). The van der Waals surface area contributed by atoms with Crippen LogP contribution >= 0.6 is 0 Å². The molecule has 0 aromatic carbocycles. The van der Waals surface area contributed by atoms with E-state index in [2.05, 4.69) is 15.3 Å². The largest absolute Gasteiger partial charge is 0.455 e. The van der Waals surface area contributed by atoms with Crippen molar-refractivity contribution in [2.45, 2.75) is 18.4 Å². The van der Waals surface area contributed by atoms with E-state index in [0.29, 0.717) is 5.82 Å². The first-order chi connectivity index (χ1) is 12.8. The van der Waals surface area contributed by atoms with Crippen LogP contribution in [0.2, 0.25) is 0 Å². The highest BCUT2D eigenvalue weighted by Gasteiger charge is 2.25. The lowest BCUT2D eigenvalue weighted by molar-refractivity contribution is 0.0922. The fraction of sp³-hybridized carbons (Fsp3) is 0.235. The second-order valence-corrected chi connectivity index (χ2v) is 8.11. The monoisotopic (exact) mass is 389 g/mol. The molecule has 10 heteroatoms. The number of carbonyl (C=O) groups is 1. The summed E-state index contributed by atoms with van der Waals surface area (Å²) in [5, 5.41) is 2.72. The molecular formula is C17H19N5O4S. The fourth-order valence-electron chi connectivity index (χ4n) is 2.41. The molecule has 3 rings (SSSR count). The number of imidazole rings is 1. The van der Waals surface area contributed by atoms with E-state index in [9.17, 15) is 13.2 Å². The first-order valence-electron chi connectivity index (χ1n) is 8.03. The van der Waals surface area contributed by atoms with Gasteiger partial charge in [0.2, 0.25) is 10.0 Å². The van der Waals surface area contributed by atoms with Gasteiger partial charge in [-0.3, -0.25) is 9.36 Å². The molecule has 0 saturated heterocycles. The fourth-order valence-corrected chi connectivity index (χ4v) is 3.46. The third-order valence-electron chi connectivity index (χ3n) is 3.89. The van der Waals surface area contributed by atoms with E-state index in [4.69, 9.17) is 4.42 Å². The summed E-state index contributed by atoms with van der Waals surface area (Å²) in [4.78, 5) is 20.5. The summed E-state index contributed by atoms with van der Waals surface area (Å²) in [6, 6.07) is 4.83. The highest BCUT2D eigenvalue weighted by atomic mass is 32.2. The maximum absolute atomic E-state index is 12.3. The molecule has 3 aromatic rings. The van der Waals surface area contributed by atoms with Gasteiger partial charge in [-0.05, 0) is 24.6 Å². The second kappa shape index (κ2) is 7.33. The molecule has 27 heavy (non-hydrogen) atoms. The van der Waals surface area contributed by atoms with Crippen molar-refractivity contribution < 1.29 is 17.6 Å². The molecule has 0 aliphatic rings. The van der Waals surface area contributed by atoms with Gasteiger partial charge in [-0.1, -0.05) is 0 Å². The van der Waals surface area contributed by atoms with E-state index in [1.807, 2.05) is 6.07 Å². The van der Waals surface area contributed by atoms with Crippen LogP contribution in [0.1, 0.15) is 21.9 Å². The topological polar surface area (TPSA) is 110 Å². The smallest absolute Gasteiger partial charge is 0.287 e. The van der Waals surface area contributed by atoms with Crippen molar-refractivity contribution in [3.63, 3.8) is 0 Å². The predicted molar refractivity (Wildman–Crippen MR) is 96.8 cm³/mol. The van der Waals surface area contributed by atoms with Crippen molar-refractivity contribution in [3.8, 4) is 5.82 Å². The van der Waals surface area contributed by atoms with Gasteiger partial charge >= 0.3 is 0 Å². The molecule has 0 atom stereocenters. The van der Waals surface area contributed by atoms with E-state index in [0.717, 1.165) is 9.87 Å². The number of sulfonamides is 1. The molecule has 1 N–H and O–H groups in total. The lowest BCUT2D eigenvalue weighted by Crippen LogP contribution is -2.23. The Balaban J connectivity index is 1.73. The van der Waals surface area contributed by atoms with E-state index in [1.54, 1.807) is 35.6 Å². The first kappa shape index (κ1) is 18.8. The molecule has 1 amide bonds. The number of nitrogens with one attached hydrogen (secondary N) is 1. The predicted octanol–water partition coefficient (Wildman–Crippen LogP) is 1.35. The minimum Gasteiger partial charge on any atom is -0.455 e. The Morgan fingerprint density at radius 1 is 1.30 bits per heavy atom. The lowest BCUT2D eigenvalue weighted by Gasteiger charge is -2.09. The van der Waals surface area contributed by atoms with E-state index < -0.39 is 15.9 Å². The molecule has 0 radical (unpaired) electrons. The highest BCUT2D eigenvalue weighted by molar-refractivity contribution is 7.89. The zero-order chi connectivity index (χ0) is 19.6. The van der Waals surface area contributed by atoms with Gasteiger partial charge in [0.15, 0.2) is 5.76 Å². The zero-order valence-electron chi connectivity index (χ0n) is 15.1. The summed E-state index contributed by atoms with van der Waals surface area (Å²) < 4.78 is 32.6. The van der Waals surface area contributed by atoms with Crippen LogP contribution in [-0.4, -0.2) is 47.3 Å². The number of rotatable bonds is 6. The van der Waals surface area contributed by atoms with E-state index in [1.165, 1.54) is 27.1 Å². The summed E-state index contributed by atoms with van der Waals surface area (Å²) in [5.41, 5.74) is 0.825. The van der Waals surface area contributed by atoms with Crippen molar-refractivity contribution in [3.05, 3.63) is 60.2 Å². The van der Waals surface area contributed by atoms with Crippen LogP contribution < -0.4 is 5.32 Å². The number of hydrogen-bond donors (Lipinski definition) is 1. The average molecular weight is 389 g/mol. The highest BCUT2D eigenvalue weighted by Crippen LogP contribution is 2.22. The molecule has 3 heterocycles. The summed E-state index contributed by atoms with van der Waals surface area (Å²) in [6.45, 7) is 1.74. The van der Waals surface area contributed by atoms with Gasteiger partial charge in [0.1, 0.15) is 22.8 Å². The Kier molecular flexibility index (Phi) is 5.10. The number of aryl methyl sites for hydroxylation is 1. The maximum Gasteiger partial charge on any atom is 0.287 e. The average Bonchev–Trinajstić information content (AvgIpc) is 3.29. The van der Waals surface area contributed by atoms with Crippen LogP contribution in [0.5, 0.6) is 0 Å². The molecule has 9 nitrogen and oxygen atoms in total. The Morgan fingerprint density at radius 3 is 2.74 bits per heavy atom. The van der Waals surface area contributed by atoms with Gasteiger partial charge in [-0.15, -0.1) is 0 Å². The van der Waals surface area contributed by atoms with Crippen LogP contribution in [0.4, 0.5) is 0 Å². The number of aromatic nitrogens is 3. The molecule has 0 saturated carbocycles. The van der Waals surface area contributed by atoms with Crippen molar-refractivity contribution in [2.75, 3.05) is 14.1 Å². The number of hydrogen-bond acceptors (Lipinski definition) is 6. The quantitative estimate of drug-likeness (QED) is 0.681. The van der Waals surface area contributed by atoms with Crippen LogP contribution in [0.3, 0.4) is 0 Å².